The van der Waals surface area contributed by atoms with Crippen LogP contribution in [0.3, 0.4) is 0 Å². The molecule has 0 aromatic heterocycles. The molecule has 0 heterocycles. The summed E-state index contributed by atoms with van der Waals surface area (Å²) in [5, 5.41) is 11.6. The fraction of sp³-hybridized carbons (Fsp3) is 0.333. The summed E-state index contributed by atoms with van der Waals surface area (Å²) in [6.45, 7) is 1.78. The maximum atomic E-state index is 11.7. The summed E-state index contributed by atoms with van der Waals surface area (Å²) in [6, 6.07) is 1.92. The number of carboxylic acid groups (broad SMARTS) is 1. The molecule has 0 fully saturated rings. The number of carbonyl (C=O) groups excluding carboxylic acids is 1. The minimum Gasteiger partial charge on any atom is -0.496 e. The average molecular weight is 287 g/mol. The predicted molar refractivity (Wildman–Crippen MR) is 71.9 cm³/mol. The van der Waals surface area contributed by atoms with Gasteiger partial charge in [-0.25, -0.2) is 4.79 Å². The lowest BCUT2D eigenvalue weighted by Gasteiger charge is -2.13. The molecule has 1 rings (SSSR count). The highest BCUT2D eigenvalue weighted by Crippen LogP contribution is 2.31. The SMILES string of the molecule is CCC(N)C(=O)Nc1cc(OC)c(C(=O)O)cc1Cl. The third-order valence-corrected chi connectivity index (χ3v) is 2.87. The number of hydrogen-bond acceptors (Lipinski definition) is 4. The Morgan fingerprint density at radius 3 is 2.63 bits per heavy atom. The molecule has 4 N–H and O–H groups in total. The van der Waals surface area contributed by atoms with E-state index in [2.05, 4.69) is 5.32 Å². The van der Waals surface area contributed by atoms with E-state index in [0.717, 1.165) is 0 Å². The first-order valence-corrected chi connectivity index (χ1v) is 5.95. The van der Waals surface area contributed by atoms with Crippen molar-refractivity contribution < 1.29 is 19.4 Å². The number of benzene rings is 1. The van der Waals surface area contributed by atoms with Crippen LogP contribution < -0.4 is 15.8 Å². The normalized spacial score (nSPS) is 11.8. The van der Waals surface area contributed by atoms with Crippen LogP contribution in [0.15, 0.2) is 12.1 Å². The first kappa shape index (κ1) is 15.3. The summed E-state index contributed by atoms with van der Waals surface area (Å²) in [7, 11) is 1.33. The van der Waals surface area contributed by atoms with Gasteiger partial charge in [0.2, 0.25) is 5.91 Å². The lowest BCUT2D eigenvalue weighted by atomic mass is 10.1. The van der Waals surface area contributed by atoms with Gasteiger partial charge < -0.3 is 20.9 Å². The number of methoxy groups -OCH3 is 1. The Balaban J connectivity index is 3.10. The molecule has 1 unspecified atom stereocenters. The summed E-state index contributed by atoms with van der Waals surface area (Å²) in [5.41, 5.74) is 5.77. The summed E-state index contributed by atoms with van der Waals surface area (Å²) < 4.78 is 4.95. The van der Waals surface area contributed by atoms with Gasteiger partial charge in [-0.1, -0.05) is 18.5 Å². The zero-order chi connectivity index (χ0) is 14.6. The molecule has 0 saturated carbocycles. The number of nitrogens with two attached hydrogens (primary N) is 1. The number of carboxylic acids is 1. The average Bonchev–Trinajstić information content (AvgIpc) is 2.39. The number of ether oxygens (including phenoxy) is 1. The molecule has 1 aromatic carbocycles. The Morgan fingerprint density at radius 2 is 2.16 bits per heavy atom. The Kier molecular flexibility index (Phi) is 5.14. The second kappa shape index (κ2) is 6.40. The number of aromatic carboxylic acids is 1. The van der Waals surface area contributed by atoms with Crippen LogP contribution in [-0.2, 0) is 4.79 Å². The third kappa shape index (κ3) is 3.59. The largest absolute Gasteiger partial charge is 0.496 e. The molecule has 0 aliphatic heterocycles. The third-order valence-electron chi connectivity index (χ3n) is 2.55. The van der Waals surface area contributed by atoms with Gasteiger partial charge in [0.25, 0.3) is 0 Å². The van der Waals surface area contributed by atoms with E-state index in [1.54, 1.807) is 6.92 Å². The molecule has 0 spiro atoms. The van der Waals surface area contributed by atoms with Crippen molar-refractivity contribution >= 4 is 29.2 Å². The first-order valence-electron chi connectivity index (χ1n) is 5.58. The van der Waals surface area contributed by atoms with Gasteiger partial charge in [-0.2, -0.15) is 0 Å². The fourth-order valence-electron chi connectivity index (χ4n) is 1.40. The second-order valence-corrected chi connectivity index (χ2v) is 4.25. The highest BCUT2D eigenvalue weighted by Gasteiger charge is 2.18. The number of carbonyl (C=O) groups is 2. The van der Waals surface area contributed by atoms with Crippen molar-refractivity contribution in [3.8, 4) is 5.75 Å². The van der Waals surface area contributed by atoms with Gasteiger partial charge in [-0.05, 0) is 12.5 Å². The molecule has 0 aliphatic carbocycles. The monoisotopic (exact) mass is 286 g/mol. The number of nitrogens with one attached hydrogen (secondary N) is 1. The summed E-state index contributed by atoms with van der Waals surface area (Å²) in [6.07, 6.45) is 0.480. The van der Waals surface area contributed by atoms with Crippen LogP contribution in [0.4, 0.5) is 5.69 Å². The van der Waals surface area contributed by atoms with E-state index in [0.29, 0.717) is 6.42 Å². The molecule has 0 bridgehead atoms. The van der Waals surface area contributed by atoms with Gasteiger partial charge in [-0.15, -0.1) is 0 Å². The molecule has 7 heteroatoms. The van der Waals surface area contributed by atoms with E-state index in [1.165, 1.54) is 19.2 Å². The predicted octanol–water partition coefficient (Wildman–Crippen LogP) is 1.72. The topological polar surface area (TPSA) is 102 Å². The standard InChI is InChI=1S/C12H15ClN2O4/c1-3-8(14)11(16)15-9-5-10(19-2)6(12(17)18)4-7(9)13/h4-5,8H,3,14H2,1-2H3,(H,15,16)(H,17,18). The van der Waals surface area contributed by atoms with Crippen molar-refractivity contribution in [3.63, 3.8) is 0 Å². The maximum Gasteiger partial charge on any atom is 0.339 e. The van der Waals surface area contributed by atoms with Gasteiger partial charge >= 0.3 is 5.97 Å². The van der Waals surface area contributed by atoms with Crippen LogP contribution in [0.2, 0.25) is 5.02 Å². The molecular weight excluding hydrogens is 272 g/mol. The zero-order valence-electron chi connectivity index (χ0n) is 10.6. The lowest BCUT2D eigenvalue weighted by molar-refractivity contribution is -0.117. The van der Waals surface area contributed by atoms with Crippen LogP contribution in [0.5, 0.6) is 5.75 Å². The second-order valence-electron chi connectivity index (χ2n) is 3.84. The minimum atomic E-state index is -1.16. The Labute approximate surface area is 115 Å². The molecule has 1 amide bonds. The molecule has 0 saturated heterocycles. The van der Waals surface area contributed by atoms with Crippen LogP contribution in [-0.4, -0.2) is 30.1 Å². The van der Waals surface area contributed by atoms with Gasteiger partial charge in [0, 0.05) is 6.07 Å². The highest BCUT2D eigenvalue weighted by molar-refractivity contribution is 6.34. The number of anilines is 1. The van der Waals surface area contributed by atoms with E-state index in [9.17, 15) is 9.59 Å². The Hall–Kier alpha value is -1.79. The van der Waals surface area contributed by atoms with Crippen LogP contribution >= 0.6 is 11.6 Å². The van der Waals surface area contributed by atoms with Crippen LogP contribution in [0.25, 0.3) is 0 Å². The smallest absolute Gasteiger partial charge is 0.339 e. The molecule has 104 valence electrons. The van der Waals surface area contributed by atoms with E-state index < -0.39 is 17.9 Å². The van der Waals surface area contributed by atoms with Gasteiger partial charge in [0.15, 0.2) is 0 Å². The molecule has 6 nitrogen and oxygen atoms in total. The van der Waals surface area contributed by atoms with E-state index >= 15 is 0 Å². The molecule has 1 atom stereocenters. The first-order chi connectivity index (χ1) is 8.90. The Bertz CT molecular complexity index is 505. The quantitative estimate of drug-likeness (QED) is 0.765. The molecule has 0 radical (unpaired) electrons. The summed E-state index contributed by atoms with van der Waals surface area (Å²) >= 11 is 5.92. The van der Waals surface area contributed by atoms with Crippen molar-refractivity contribution in [2.45, 2.75) is 19.4 Å². The van der Waals surface area contributed by atoms with Crippen LogP contribution in [0, 0.1) is 0 Å². The summed E-state index contributed by atoms with van der Waals surface area (Å²) in [4.78, 5) is 22.6. The van der Waals surface area contributed by atoms with Gasteiger partial charge in [-0.3, -0.25) is 4.79 Å². The van der Waals surface area contributed by atoms with Crippen LogP contribution in [0.1, 0.15) is 23.7 Å². The Morgan fingerprint density at radius 1 is 1.53 bits per heavy atom. The number of hydrogen-bond donors (Lipinski definition) is 3. The van der Waals surface area contributed by atoms with Crippen molar-refractivity contribution in [1.82, 2.24) is 0 Å². The van der Waals surface area contributed by atoms with Crippen molar-refractivity contribution in [2.75, 3.05) is 12.4 Å². The van der Waals surface area contributed by atoms with E-state index in [4.69, 9.17) is 27.2 Å². The number of amides is 1. The van der Waals surface area contributed by atoms with Gasteiger partial charge in [0.1, 0.15) is 11.3 Å². The minimum absolute atomic E-state index is 0.0784. The number of halogens is 1. The summed E-state index contributed by atoms with van der Waals surface area (Å²) in [5.74, 6) is -1.45. The maximum absolute atomic E-state index is 11.7. The van der Waals surface area contributed by atoms with Gasteiger partial charge in [0.05, 0.1) is 23.9 Å². The zero-order valence-corrected chi connectivity index (χ0v) is 11.3. The van der Waals surface area contributed by atoms with E-state index in [-0.39, 0.29) is 22.0 Å². The van der Waals surface area contributed by atoms with E-state index in [1.807, 2.05) is 0 Å². The van der Waals surface area contributed by atoms with Crippen molar-refractivity contribution in [3.05, 3.63) is 22.7 Å². The van der Waals surface area contributed by atoms with Crippen molar-refractivity contribution in [1.29, 1.82) is 0 Å². The lowest BCUT2D eigenvalue weighted by Crippen LogP contribution is -2.34. The molecule has 0 aliphatic rings. The molecular formula is C12H15ClN2O4. The molecule has 19 heavy (non-hydrogen) atoms. The van der Waals surface area contributed by atoms with Crippen molar-refractivity contribution in [2.24, 2.45) is 5.73 Å². The highest BCUT2D eigenvalue weighted by atomic mass is 35.5. The molecule has 1 aromatic rings. The number of rotatable bonds is 5. The fourth-order valence-corrected chi connectivity index (χ4v) is 1.61.